The van der Waals surface area contributed by atoms with Crippen molar-refractivity contribution in [3.05, 3.63) is 11.9 Å². The Hall–Kier alpha value is -1.32. The maximum Gasteiger partial charge on any atom is 0.137 e. The average molecular weight is 278 g/mol. The summed E-state index contributed by atoms with van der Waals surface area (Å²) in [6, 6.07) is 0. The van der Waals surface area contributed by atoms with Gasteiger partial charge in [0.25, 0.3) is 0 Å². The first-order chi connectivity index (χ1) is 9.67. The molecular formula is C16H30N4. The zero-order chi connectivity index (χ0) is 15.0. The minimum Gasteiger partial charge on any atom is -0.370 e. The third-order valence-electron chi connectivity index (χ3n) is 3.91. The van der Waals surface area contributed by atoms with E-state index < -0.39 is 0 Å². The van der Waals surface area contributed by atoms with Crippen LogP contribution in [0.15, 0.2) is 6.33 Å². The molecule has 114 valence electrons. The minimum absolute atomic E-state index is 0.733. The predicted octanol–water partition coefficient (Wildman–Crippen LogP) is 3.87. The van der Waals surface area contributed by atoms with Gasteiger partial charge in [-0.2, -0.15) is 0 Å². The summed E-state index contributed by atoms with van der Waals surface area (Å²) >= 11 is 0. The van der Waals surface area contributed by atoms with E-state index in [-0.39, 0.29) is 0 Å². The second-order valence-electron chi connectivity index (χ2n) is 5.32. The highest BCUT2D eigenvalue weighted by Crippen LogP contribution is 2.24. The fourth-order valence-electron chi connectivity index (χ4n) is 2.41. The van der Waals surface area contributed by atoms with Crippen molar-refractivity contribution in [2.75, 3.05) is 29.9 Å². The van der Waals surface area contributed by atoms with Crippen LogP contribution in [0.4, 0.5) is 11.6 Å². The highest BCUT2D eigenvalue weighted by Gasteiger charge is 2.15. The maximum atomic E-state index is 4.51. The molecule has 0 bridgehead atoms. The van der Waals surface area contributed by atoms with Gasteiger partial charge in [-0.1, -0.05) is 33.6 Å². The van der Waals surface area contributed by atoms with Gasteiger partial charge in [-0.15, -0.1) is 0 Å². The second kappa shape index (κ2) is 8.77. The summed E-state index contributed by atoms with van der Waals surface area (Å²) in [7, 11) is 0. The Labute approximate surface area is 124 Å². The molecule has 0 saturated heterocycles. The lowest BCUT2D eigenvalue weighted by Gasteiger charge is -2.28. The van der Waals surface area contributed by atoms with Crippen LogP contribution in [0.25, 0.3) is 0 Å². The summed E-state index contributed by atoms with van der Waals surface area (Å²) < 4.78 is 0. The van der Waals surface area contributed by atoms with Gasteiger partial charge < -0.3 is 10.2 Å². The minimum atomic E-state index is 0.733. The summed E-state index contributed by atoms with van der Waals surface area (Å²) in [4.78, 5) is 11.3. The topological polar surface area (TPSA) is 41.1 Å². The van der Waals surface area contributed by atoms with E-state index in [1.54, 1.807) is 6.33 Å². The van der Waals surface area contributed by atoms with E-state index in [9.17, 15) is 0 Å². The average Bonchev–Trinajstić information content (AvgIpc) is 2.48. The molecule has 0 radical (unpaired) electrons. The zero-order valence-corrected chi connectivity index (χ0v) is 13.7. The van der Waals surface area contributed by atoms with E-state index in [1.165, 1.54) is 12.8 Å². The van der Waals surface area contributed by atoms with Gasteiger partial charge in [-0.25, -0.2) is 9.97 Å². The molecule has 4 nitrogen and oxygen atoms in total. The van der Waals surface area contributed by atoms with Crippen LogP contribution in [-0.4, -0.2) is 29.6 Å². The van der Waals surface area contributed by atoms with E-state index in [1.807, 2.05) is 0 Å². The normalized spacial score (nSPS) is 10.9. The quantitative estimate of drug-likeness (QED) is 0.744. The van der Waals surface area contributed by atoms with Crippen LogP contribution in [-0.2, 0) is 0 Å². The van der Waals surface area contributed by atoms with E-state index in [0.29, 0.717) is 0 Å². The van der Waals surface area contributed by atoms with Gasteiger partial charge in [0, 0.05) is 25.2 Å². The molecule has 0 saturated carbocycles. The van der Waals surface area contributed by atoms with Crippen molar-refractivity contribution in [1.82, 2.24) is 9.97 Å². The summed E-state index contributed by atoms with van der Waals surface area (Å²) in [5.74, 6) is 2.78. The van der Waals surface area contributed by atoms with E-state index in [2.05, 4.69) is 54.8 Å². The van der Waals surface area contributed by atoms with Crippen molar-refractivity contribution in [2.24, 2.45) is 5.92 Å². The van der Waals surface area contributed by atoms with Gasteiger partial charge >= 0.3 is 0 Å². The Kier molecular flexibility index (Phi) is 7.34. The molecule has 4 heteroatoms. The molecule has 1 heterocycles. The van der Waals surface area contributed by atoms with Gasteiger partial charge in [0.15, 0.2) is 0 Å². The number of hydrogen-bond donors (Lipinski definition) is 1. The lowest BCUT2D eigenvalue weighted by atomic mass is 10.0. The van der Waals surface area contributed by atoms with Gasteiger partial charge in [0.2, 0.25) is 0 Å². The van der Waals surface area contributed by atoms with Crippen molar-refractivity contribution in [1.29, 1.82) is 0 Å². The first-order valence-electron chi connectivity index (χ1n) is 7.98. The Morgan fingerprint density at radius 1 is 1.15 bits per heavy atom. The SMILES string of the molecule is CCCNc1ncnc(N(CC)CC(CC)CC)c1C. The third kappa shape index (κ3) is 4.36. The fourth-order valence-corrected chi connectivity index (χ4v) is 2.41. The molecule has 20 heavy (non-hydrogen) atoms. The van der Waals surface area contributed by atoms with Crippen LogP contribution in [0.3, 0.4) is 0 Å². The van der Waals surface area contributed by atoms with Crippen LogP contribution in [0.2, 0.25) is 0 Å². The zero-order valence-electron chi connectivity index (χ0n) is 13.7. The van der Waals surface area contributed by atoms with Crippen LogP contribution < -0.4 is 10.2 Å². The first-order valence-corrected chi connectivity index (χ1v) is 7.98. The standard InChI is InChI=1S/C16H30N4/c1-6-10-17-15-13(5)16(19-12-18-15)20(9-4)11-14(7-2)8-3/h12,14H,6-11H2,1-5H3,(H,17,18,19). The molecule has 1 rings (SSSR count). The predicted molar refractivity (Wildman–Crippen MR) is 87.5 cm³/mol. The van der Waals surface area contributed by atoms with Gasteiger partial charge in [-0.3, -0.25) is 0 Å². The van der Waals surface area contributed by atoms with Crippen LogP contribution in [0, 0.1) is 12.8 Å². The smallest absolute Gasteiger partial charge is 0.137 e. The molecule has 1 N–H and O–H groups in total. The van der Waals surface area contributed by atoms with Crippen molar-refractivity contribution < 1.29 is 0 Å². The molecule has 0 amide bonds. The van der Waals surface area contributed by atoms with E-state index in [4.69, 9.17) is 0 Å². The second-order valence-corrected chi connectivity index (χ2v) is 5.32. The summed E-state index contributed by atoms with van der Waals surface area (Å²) in [6.45, 7) is 14.0. The van der Waals surface area contributed by atoms with Gasteiger partial charge in [0.05, 0.1) is 0 Å². The number of rotatable bonds is 9. The van der Waals surface area contributed by atoms with Gasteiger partial charge in [0.1, 0.15) is 18.0 Å². The van der Waals surface area contributed by atoms with Gasteiger partial charge in [-0.05, 0) is 26.2 Å². The van der Waals surface area contributed by atoms with Crippen molar-refractivity contribution >= 4 is 11.6 Å². The molecule has 0 aliphatic carbocycles. The molecule has 1 aromatic heterocycles. The highest BCUT2D eigenvalue weighted by molar-refractivity contribution is 5.57. The lowest BCUT2D eigenvalue weighted by molar-refractivity contribution is 0.484. The Morgan fingerprint density at radius 2 is 1.85 bits per heavy atom. The van der Waals surface area contributed by atoms with Crippen molar-refractivity contribution in [2.45, 2.75) is 53.9 Å². The van der Waals surface area contributed by atoms with E-state index in [0.717, 1.165) is 49.2 Å². The summed E-state index contributed by atoms with van der Waals surface area (Å²) in [6.07, 6.45) is 5.22. The Morgan fingerprint density at radius 3 is 2.40 bits per heavy atom. The van der Waals surface area contributed by atoms with Crippen molar-refractivity contribution in [3.63, 3.8) is 0 Å². The van der Waals surface area contributed by atoms with Crippen LogP contribution in [0.5, 0.6) is 0 Å². The van der Waals surface area contributed by atoms with E-state index >= 15 is 0 Å². The molecule has 0 fully saturated rings. The molecule has 0 aliphatic heterocycles. The fraction of sp³-hybridized carbons (Fsp3) is 0.750. The molecule has 1 aromatic rings. The number of nitrogens with zero attached hydrogens (tertiary/aromatic N) is 3. The summed E-state index contributed by atoms with van der Waals surface area (Å²) in [5, 5.41) is 3.39. The number of nitrogens with one attached hydrogen (secondary N) is 1. The monoisotopic (exact) mass is 278 g/mol. The van der Waals surface area contributed by atoms with Crippen molar-refractivity contribution in [3.8, 4) is 0 Å². The molecule has 0 atom stereocenters. The third-order valence-corrected chi connectivity index (χ3v) is 3.91. The molecule has 0 spiro atoms. The molecule has 0 unspecified atom stereocenters. The summed E-state index contributed by atoms with van der Waals surface area (Å²) in [5.41, 5.74) is 1.16. The van der Waals surface area contributed by atoms with Crippen LogP contribution in [0.1, 0.15) is 52.5 Å². The Bertz CT molecular complexity index is 388. The lowest BCUT2D eigenvalue weighted by Crippen LogP contribution is -2.30. The number of anilines is 2. The molecule has 0 aromatic carbocycles. The number of aromatic nitrogens is 2. The number of hydrogen-bond acceptors (Lipinski definition) is 4. The first kappa shape index (κ1) is 16.7. The van der Waals surface area contributed by atoms with Crippen LogP contribution >= 0.6 is 0 Å². The molecular weight excluding hydrogens is 248 g/mol. The maximum absolute atomic E-state index is 4.51. The Balaban J connectivity index is 2.91. The largest absolute Gasteiger partial charge is 0.370 e. The highest BCUT2D eigenvalue weighted by atomic mass is 15.2. The molecule has 0 aliphatic rings.